The fourth-order valence-corrected chi connectivity index (χ4v) is 1.96. The second kappa shape index (κ2) is 6.44. The summed E-state index contributed by atoms with van der Waals surface area (Å²) in [6.45, 7) is 4.40. The summed E-state index contributed by atoms with van der Waals surface area (Å²) >= 11 is 1.43. The summed E-state index contributed by atoms with van der Waals surface area (Å²) in [7, 11) is 1.60. The van der Waals surface area contributed by atoms with Crippen molar-refractivity contribution in [3.63, 3.8) is 0 Å². The predicted molar refractivity (Wildman–Crippen MR) is 65.0 cm³/mol. The Kier molecular flexibility index (Phi) is 5.21. The van der Waals surface area contributed by atoms with Crippen LogP contribution in [0.2, 0.25) is 0 Å². The van der Waals surface area contributed by atoms with Gasteiger partial charge in [-0.3, -0.25) is 5.32 Å². The second-order valence-electron chi connectivity index (χ2n) is 3.45. The molecule has 16 heavy (non-hydrogen) atoms. The molecule has 1 rings (SSSR count). The van der Waals surface area contributed by atoms with E-state index in [1.807, 2.05) is 19.2 Å². The standard InChI is InChI=1S/C10H17N3O2S/c1-4-8-6-16-10(12-8)13-9(14)11-7(2)5-15-3/h6-7H,4-5H2,1-3H3,(H2,11,12,13,14)/t7-/m1/s1. The lowest BCUT2D eigenvalue weighted by atomic mass is 10.4. The van der Waals surface area contributed by atoms with Crippen molar-refractivity contribution in [2.75, 3.05) is 19.0 Å². The lowest BCUT2D eigenvalue weighted by Crippen LogP contribution is -2.38. The molecule has 0 aromatic carbocycles. The summed E-state index contributed by atoms with van der Waals surface area (Å²) in [6, 6.07) is -0.267. The van der Waals surface area contributed by atoms with Gasteiger partial charge in [-0.05, 0) is 13.3 Å². The van der Waals surface area contributed by atoms with Crippen LogP contribution in [0, 0.1) is 0 Å². The summed E-state index contributed by atoms with van der Waals surface area (Å²) in [4.78, 5) is 15.7. The highest BCUT2D eigenvalue weighted by molar-refractivity contribution is 7.13. The van der Waals surface area contributed by atoms with Crippen LogP contribution in [0.1, 0.15) is 19.5 Å². The van der Waals surface area contributed by atoms with E-state index in [4.69, 9.17) is 4.74 Å². The quantitative estimate of drug-likeness (QED) is 0.829. The Hall–Kier alpha value is -1.14. The Morgan fingerprint density at radius 2 is 2.44 bits per heavy atom. The van der Waals surface area contributed by atoms with Gasteiger partial charge in [0.15, 0.2) is 5.13 Å². The zero-order valence-electron chi connectivity index (χ0n) is 9.74. The van der Waals surface area contributed by atoms with E-state index in [0.717, 1.165) is 12.1 Å². The number of thiazole rings is 1. The molecule has 1 atom stereocenters. The molecule has 0 fully saturated rings. The van der Waals surface area contributed by atoms with Gasteiger partial charge in [-0.15, -0.1) is 11.3 Å². The first-order valence-electron chi connectivity index (χ1n) is 5.16. The van der Waals surface area contributed by atoms with E-state index in [9.17, 15) is 4.79 Å². The van der Waals surface area contributed by atoms with Crippen LogP contribution in [0.5, 0.6) is 0 Å². The Morgan fingerprint density at radius 3 is 3.00 bits per heavy atom. The van der Waals surface area contributed by atoms with E-state index in [1.165, 1.54) is 11.3 Å². The molecule has 0 spiro atoms. The van der Waals surface area contributed by atoms with Crippen molar-refractivity contribution in [3.8, 4) is 0 Å². The smallest absolute Gasteiger partial charge is 0.321 e. The maximum atomic E-state index is 11.5. The fourth-order valence-electron chi connectivity index (χ4n) is 1.18. The number of urea groups is 1. The molecule has 0 saturated heterocycles. The molecule has 0 aliphatic heterocycles. The number of amides is 2. The molecule has 2 N–H and O–H groups in total. The van der Waals surface area contributed by atoms with Crippen molar-refractivity contribution in [2.24, 2.45) is 0 Å². The average molecular weight is 243 g/mol. The Balaban J connectivity index is 2.39. The molecule has 1 aromatic heterocycles. The number of methoxy groups -OCH3 is 1. The topological polar surface area (TPSA) is 63.2 Å². The van der Waals surface area contributed by atoms with Crippen LogP contribution in [0.15, 0.2) is 5.38 Å². The van der Waals surface area contributed by atoms with Gasteiger partial charge < -0.3 is 10.1 Å². The summed E-state index contributed by atoms with van der Waals surface area (Å²) in [5.74, 6) is 0. The van der Waals surface area contributed by atoms with Crippen LogP contribution < -0.4 is 10.6 Å². The number of carbonyl (C=O) groups is 1. The number of nitrogens with one attached hydrogen (secondary N) is 2. The highest BCUT2D eigenvalue weighted by Gasteiger charge is 2.08. The molecular formula is C10H17N3O2S. The predicted octanol–water partition coefficient (Wildman–Crippen LogP) is 1.86. The van der Waals surface area contributed by atoms with Crippen LogP contribution >= 0.6 is 11.3 Å². The van der Waals surface area contributed by atoms with Gasteiger partial charge in [0.2, 0.25) is 0 Å². The SMILES string of the molecule is CCc1csc(NC(=O)N[C@H](C)COC)n1. The number of aromatic nitrogens is 1. The Bertz CT molecular complexity index is 341. The molecule has 0 saturated carbocycles. The van der Waals surface area contributed by atoms with Gasteiger partial charge in [0, 0.05) is 12.5 Å². The molecule has 5 nitrogen and oxygen atoms in total. The van der Waals surface area contributed by atoms with Crippen molar-refractivity contribution in [2.45, 2.75) is 26.3 Å². The Morgan fingerprint density at radius 1 is 1.69 bits per heavy atom. The molecule has 0 unspecified atom stereocenters. The van der Waals surface area contributed by atoms with Gasteiger partial charge >= 0.3 is 6.03 Å². The van der Waals surface area contributed by atoms with Crippen molar-refractivity contribution < 1.29 is 9.53 Å². The monoisotopic (exact) mass is 243 g/mol. The van der Waals surface area contributed by atoms with Gasteiger partial charge in [-0.25, -0.2) is 9.78 Å². The van der Waals surface area contributed by atoms with Crippen molar-refractivity contribution in [1.82, 2.24) is 10.3 Å². The third kappa shape index (κ3) is 4.16. The molecule has 0 radical (unpaired) electrons. The molecular weight excluding hydrogens is 226 g/mol. The van der Waals surface area contributed by atoms with E-state index in [2.05, 4.69) is 15.6 Å². The minimum Gasteiger partial charge on any atom is -0.383 e. The number of carbonyl (C=O) groups excluding carboxylic acids is 1. The number of ether oxygens (including phenoxy) is 1. The van der Waals surface area contributed by atoms with Crippen molar-refractivity contribution in [3.05, 3.63) is 11.1 Å². The summed E-state index contributed by atoms with van der Waals surface area (Å²) < 4.78 is 4.92. The molecule has 1 aromatic rings. The zero-order valence-corrected chi connectivity index (χ0v) is 10.6. The van der Waals surface area contributed by atoms with E-state index in [1.54, 1.807) is 7.11 Å². The lowest BCUT2D eigenvalue weighted by molar-refractivity contribution is 0.173. The van der Waals surface area contributed by atoms with Gasteiger partial charge in [-0.2, -0.15) is 0 Å². The average Bonchev–Trinajstić information content (AvgIpc) is 2.65. The molecule has 1 heterocycles. The number of rotatable bonds is 5. The van der Waals surface area contributed by atoms with Crippen LogP contribution in [0.25, 0.3) is 0 Å². The normalized spacial score (nSPS) is 12.2. The van der Waals surface area contributed by atoms with Crippen LogP contribution in [-0.4, -0.2) is 30.8 Å². The lowest BCUT2D eigenvalue weighted by Gasteiger charge is -2.12. The number of aryl methyl sites for hydroxylation is 1. The summed E-state index contributed by atoms with van der Waals surface area (Å²) in [6.07, 6.45) is 0.875. The van der Waals surface area contributed by atoms with Crippen molar-refractivity contribution >= 4 is 22.5 Å². The third-order valence-corrected chi connectivity index (χ3v) is 2.74. The summed E-state index contributed by atoms with van der Waals surface area (Å²) in [5.41, 5.74) is 0.991. The second-order valence-corrected chi connectivity index (χ2v) is 4.31. The maximum Gasteiger partial charge on any atom is 0.321 e. The van der Waals surface area contributed by atoms with E-state index >= 15 is 0 Å². The van der Waals surface area contributed by atoms with Gasteiger partial charge in [-0.1, -0.05) is 6.92 Å². The minimum atomic E-state index is -0.249. The highest BCUT2D eigenvalue weighted by Crippen LogP contribution is 2.15. The Labute approximate surface area is 99.2 Å². The number of anilines is 1. The fraction of sp³-hybridized carbons (Fsp3) is 0.600. The highest BCUT2D eigenvalue weighted by atomic mass is 32.1. The van der Waals surface area contributed by atoms with Crippen LogP contribution in [-0.2, 0) is 11.2 Å². The molecule has 0 aliphatic carbocycles. The zero-order chi connectivity index (χ0) is 12.0. The molecule has 90 valence electrons. The van der Waals surface area contributed by atoms with Crippen molar-refractivity contribution in [1.29, 1.82) is 0 Å². The van der Waals surface area contributed by atoms with E-state index in [0.29, 0.717) is 11.7 Å². The molecule has 0 aliphatic rings. The first kappa shape index (κ1) is 12.9. The number of nitrogens with zero attached hydrogens (tertiary/aromatic N) is 1. The first-order valence-corrected chi connectivity index (χ1v) is 6.04. The molecule has 6 heteroatoms. The maximum absolute atomic E-state index is 11.5. The molecule has 2 amide bonds. The van der Waals surface area contributed by atoms with Crippen LogP contribution in [0.4, 0.5) is 9.93 Å². The molecule has 0 bridgehead atoms. The number of hydrogen-bond donors (Lipinski definition) is 2. The van der Waals surface area contributed by atoms with Gasteiger partial charge in [0.05, 0.1) is 18.3 Å². The van der Waals surface area contributed by atoms with E-state index < -0.39 is 0 Å². The van der Waals surface area contributed by atoms with Gasteiger partial charge in [0.25, 0.3) is 0 Å². The number of hydrogen-bond acceptors (Lipinski definition) is 4. The van der Waals surface area contributed by atoms with Crippen LogP contribution in [0.3, 0.4) is 0 Å². The summed E-state index contributed by atoms with van der Waals surface area (Å²) in [5, 5.41) is 8.00. The first-order chi connectivity index (χ1) is 7.65. The third-order valence-electron chi connectivity index (χ3n) is 1.93. The van der Waals surface area contributed by atoms with Gasteiger partial charge in [0.1, 0.15) is 0 Å². The van der Waals surface area contributed by atoms with E-state index in [-0.39, 0.29) is 12.1 Å². The largest absolute Gasteiger partial charge is 0.383 e. The minimum absolute atomic E-state index is 0.0180.